The molecule has 0 saturated heterocycles. The predicted octanol–water partition coefficient (Wildman–Crippen LogP) is 3.33. The Kier molecular flexibility index (Phi) is 5.18. The van der Waals surface area contributed by atoms with E-state index in [-0.39, 0.29) is 11.4 Å². The summed E-state index contributed by atoms with van der Waals surface area (Å²) in [4.78, 5) is 22.2. The molecule has 0 amide bonds. The number of rotatable bonds is 5. The van der Waals surface area contributed by atoms with E-state index in [1.165, 1.54) is 24.3 Å². The number of non-ortho nitro benzene ring substituents is 1. The van der Waals surface area contributed by atoms with Gasteiger partial charge < -0.3 is 10.1 Å². The summed E-state index contributed by atoms with van der Waals surface area (Å²) in [5.74, 6) is -1.13. The van der Waals surface area contributed by atoms with Crippen LogP contribution in [0.2, 0.25) is 0 Å². The fraction of sp³-hybridized carbons (Fsp3) is 0.467. The van der Waals surface area contributed by atoms with Crippen LogP contribution in [-0.4, -0.2) is 22.2 Å². The number of nitrogens with zero attached hydrogens (tertiary/aromatic N) is 1. The van der Waals surface area contributed by atoms with Gasteiger partial charge in [0, 0.05) is 12.1 Å². The first kappa shape index (κ1) is 16.8. The maximum absolute atomic E-state index is 12.1. The summed E-state index contributed by atoms with van der Waals surface area (Å²) in [6.07, 6.45) is 0.435. The van der Waals surface area contributed by atoms with Gasteiger partial charge in [0.15, 0.2) is 0 Å². The molecule has 0 spiro atoms. The van der Waals surface area contributed by atoms with Gasteiger partial charge in [-0.1, -0.05) is 6.92 Å². The number of hydrogen-bond acceptors (Lipinski definition) is 5. The molecule has 1 atom stereocenters. The zero-order valence-electron chi connectivity index (χ0n) is 12.7. The number of nitro groups is 1. The van der Waals surface area contributed by atoms with Gasteiger partial charge in [-0.3, -0.25) is 14.9 Å². The number of carbonyl (C=O) groups excluding carboxylic acids is 1. The van der Waals surface area contributed by atoms with E-state index in [9.17, 15) is 14.9 Å². The molecule has 6 nitrogen and oxygen atoms in total. The molecular weight excluding hydrogens is 272 g/mol. The molecule has 1 N–H and O–H groups in total. The average Bonchev–Trinajstić information content (AvgIpc) is 2.37. The predicted molar refractivity (Wildman–Crippen MR) is 79.6 cm³/mol. The highest BCUT2D eigenvalue weighted by Gasteiger charge is 2.28. The lowest BCUT2D eigenvalue weighted by molar-refractivity contribution is -0.384. The summed E-state index contributed by atoms with van der Waals surface area (Å²) in [6, 6.07) is 5.61. The van der Waals surface area contributed by atoms with Gasteiger partial charge in [-0.2, -0.15) is 0 Å². The van der Waals surface area contributed by atoms with Crippen LogP contribution in [0.25, 0.3) is 0 Å². The average molecular weight is 292 g/mol. The van der Waals surface area contributed by atoms with Gasteiger partial charge in [0.2, 0.25) is 0 Å². The molecule has 21 heavy (non-hydrogen) atoms. The van der Waals surface area contributed by atoms with Crippen molar-refractivity contribution >= 4 is 17.4 Å². The lowest BCUT2D eigenvalue weighted by Gasteiger charge is -2.23. The Balaban J connectivity index is 2.93. The minimum atomic E-state index is -0.675. The summed E-state index contributed by atoms with van der Waals surface area (Å²) in [5.41, 5.74) is -0.0582. The standard InChI is InChI=1S/C15H20N2O4/c1-5-12(14(18)21-15(2,3)4)13(16)10-6-8-11(9-7-10)17(19)20/h6-9,12,16H,5H2,1-4H3. The van der Waals surface area contributed by atoms with Crippen molar-refractivity contribution in [3.63, 3.8) is 0 Å². The Morgan fingerprint density at radius 3 is 2.24 bits per heavy atom. The van der Waals surface area contributed by atoms with Crippen molar-refractivity contribution < 1.29 is 14.5 Å². The summed E-state index contributed by atoms with van der Waals surface area (Å²) < 4.78 is 5.31. The maximum Gasteiger partial charge on any atom is 0.315 e. The van der Waals surface area contributed by atoms with E-state index in [1.54, 1.807) is 27.7 Å². The third-order valence-electron chi connectivity index (χ3n) is 2.84. The number of carbonyl (C=O) groups is 1. The van der Waals surface area contributed by atoms with Crippen LogP contribution in [0.3, 0.4) is 0 Å². The topological polar surface area (TPSA) is 93.3 Å². The number of benzene rings is 1. The largest absolute Gasteiger partial charge is 0.459 e. The van der Waals surface area contributed by atoms with Gasteiger partial charge in [0.25, 0.3) is 5.69 Å². The molecule has 0 aliphatic carbocycles. The highest BCUT2D eigenvalue weighted by molar-refractivity contribution is 6.10. The quantitative estimate of drug-likeness (QED) is 0.390. The smallest absolute Gasteiger partial charge is 0.315 e. The third kappa shape index (κ3) is 4.66. The van der Waals surface area contributed by atoms with E-state index in [4.69, 9.17) is 10.1 Å². The van der Waals surface area contributed by atoms with Crippen molar-refractivity contribution in [3.8, 4) is 0 Å². The van der Waals surface area contributed by atoms with Crippen molar-refractivity contribution in [3.05, 3.63) is 39.9 Å². The molecule has 0 aromatic heterocycles. The lowest BCUT2D eigenvalue weighted by atomic mass is 9.94. The van der Waals surface area contributed by atoms with E-state index in [0.717, 1.165) is 0 Å². The lowest BCUT2D eigenvalue weighted by Crippen LogP contribution is -2.32. The molecule has 0 saturated carbocycles. The zero-order valence-corrected chi connectivity index (χ0v) is 12.7. The van der Waals surface area contributed by atoms with Gasteiger partial charge in [-0.05, 0) is 44.9 Å². The number of nitrogens with one attached hydrogen (secondary N) is 1. The van der Waals surface area contributed by atoms with Gasteiger partial charge in [-0.15, -0.1) is 0 Å². The van der Waals surface area contributed by atoms with Crippen molar-refractivity contribution in [2.75, 3.05) is 0 Å². The Hall–Kier alpha value is -2.24. The molecule has 0 bridgehead atoms. The maximum atomic E-state index is 12.1. The zero-order chi connectivity index (χ0) is 16.2. The van der Waals surface area contributed by atoms with Crippen LogP contribution in [0.15, 0.2) is 24.3 Å². The number of hydrogen-bond donors (Lipinski definition) is 1. The number of nitro benzene ring substituents is 1. The van der Waals surface area contributed by atoms with E-state index in [1.807, 2.05) is 0 Å². The Bertz CT molecular complexity index is 544. The minimum absolute atomic E-state index is 0.0446. The highest BCUT2D eigenvalue weighted by Crippen LogP contribution is 2.20. The SMILES string of the molecule is CCC(C(=N)c1ccc([N+](=O)[O-])cc1)C(=O)OC(C)(C)C. The van der Waals surface area contributed by atoms with Crippen molar-refractivity contribution in [2.24, 2.45) is 5.92 Å². The van der Waals surface area contributed by atoms with Crippen LogP contribution in [0.5, 0.6) is 0 Å². The number of ether oxygens (including phenoxy) is 1. The summed E-state index contributed by atoms with van der Waals surface area (Å²) >= 11 is 0. The molecule has 6 heteroatoms. The highest BCUT2D eigenvalue weighted by atomic mass is 16.6. The van der Waals surface area contributed by atoms with E-state index in [2.05, 4.69) is 0 Å². The Morgan fingerprint density at radius 1 is 1.33 bits per heavy atom. The monoisotopic (exact) mass is 292 g/mol. The molecular formula is C15H20N2O4. The van der Waals surface area contributed by atoms with Crippen LogP contribution >= 0.6 is 0 Å². The van der Waals surface area contributed by atoms with Crippen molar-refractivity contribution in [2.45, 2.75) is 39.7 Å². The van der Waals surface area contributed by atoms with Crippen molar-refractivity contribution in [1.82, 2.24) is 0 Å². The first-order chi connectivity index (χ1) is 9.65. The Labute approximate surface area is 123 Å². The van der Waals surface area contributed by atoms with E-state index < -0.39 is 22.4 Å². The van der Waals surface area contributed by atoms with Gasteiger partial charge in [0.05, 0.1) is 16.6 Å². The molecule has 1 rings (SSSR count). The molecule has 1 aromatic carbocycles. The van der Waals surface area contributed by atoms with Gasteiger partial charge in [0.1, 0.15) is 5.60 Å². The van der Waals surface area contributed by atoms with E-state index in [0.29, 0.717) is 12.0 Å². The molecule has 1 unspecified atom stereocenters. The molecule has 0 radical (unpaired) electrons. The normalized spacial score (nSPS) is 12.6. The molecule has 0 fully saturated rings. The molecule has 1 aromatic rings. The second kappa shape index (κ2) is 6.47. The molecule has 0 aliphatic rings. The van der Waals surface area contributed by atoms with Crippen LogP contribution in [0, 0.1) is 21.4 Å². The first-order valence-corrected chi connectivity index (χ1v) is 6.72. The van der Waals surface area contributed by atoms with Gasteiger partial charge in [-0.25, -0.2) is 0 Å². The molecule has 0 aliphatic heterocycles. The Morgan fingerprint density at radius 2 is 1.86 bits per heavy atom. The fourth-order valence-corrected chi connectivity index (χ4v) is 1.83. The summed E-state index contributed by atoms with van der Waals surface area (Å²) in [5, 5.41) is 18.7. The first-order valence-electron chi connectivity index (χ1n) is 6.72. The summed E-state index contributed by atoms with van der Waals surface area (Å²) in [7, 11) is 0. The number of esters is 1. The second-order valence-corrected chi connectivity index (χ2v) is 5.71. The molecule has 0 heterocycles. The van der Waals surface area contributed by atoms with Crippen LogP contribution in [0.4, 0.5) is 5.69 Å². The van der Waals surface area contributed by atoms with Crippen molar-refractivity contribution in [1.29, 1.82) is 5.41 Å². The van der Waals surface area contributed by atoms with Crippen LogP contribution in [-0.2, 0) is 9.53 Å². The van der Waals surface area contributed by atoms with Crippen LogP contribution in [0.1, 0.15) is 39.7 Å². The fourth-order valence-electron chi connectivity index (χ4n) is 1.83. The second-order valence-electron chi connectivity index (χ2n) is 5.71. The van der Waals surface area contributed by atoms with E-state index >= 15 is 0 Å². The van der Waals surface area contributed by atoms with Crippen LogP contribution < -0.4 is 0 Å². The molecule has 114 valence electrons. The third-order valence-corrected chi connectivity index (χ3v) is 2.84. The summed E-state index contributed by atoms with van der Waals surface area (Å²) in [6.45, 7) is 7.11. The van der Waals surface area contributed by atoms with Gasteiger partial charge >= 0.3 is 5.97 Å². The minimum Gasteiger partial charge on any atom is -0.459 e.